The number of rotatable bonds is 6. The van der Waals surface area contributed by atoms with Crippen molar-refractivity contribution in [2.24, 2.45) is 0 Å². The summed E-state index contributed by atoms with van der Waals surface area (Å²) in [5, 5.41) is 13.9. The number of nitrogens with zero attached hydrogens (tertiary/aromatic N) is 1. The number of halogens is 1. The lowest BCUT2D eigenvalue weighted by Gasteiger charge is -2.13. The minimum atomic E-state index is -0.646. The van der Waals surface area contributed by atoms with Crippen LogP contribution in [0, 0.1) is 10.1 Å². The number of nitro groups is 1. The van der Waals surface area contributed by atoms with Gasteiger partial charge >= 0.3 is 0 Å². The van der Waals surface area contributed by atoms with E-state index < -0.39 is 10.8 Å². The van der Waals surface area contributed by atoms with Gasteiger partial charge in [-0.1, -0.05) is 23.7 Å². The zero-order valence-corrected chi connectivity index (χ0v) is 13.8. The SMILES string of the molecule is COc1cccc(CNC(=O)c2ccc(Cl)cc2[N+](=O)[O-])c1OC. The number of methoxy groups -OCH3 is 2. The zero-order valence-electron chi connectivity index (χ0n) is 13.0. The molecule has 8 heteroatoms. The molecule has 1 N–H and O–H groups in total. The molecule has 0 spiro atoms. The summed E-state index contributed by atoms with van der Waals surface area (Å²) in [6.07, 6.45) is 0. The van der Waals surface area contributed by atoms with Gasteiger partial charge in [-0.2, -0.15) is 0 Å². The molecule has 0 saturated carbocycles. The monoisotopic (exact) mass is 350 g/mol. The zero-order chi connectivity index (χ0) is 17.7. The Bertz CT molecular complexity index is 779. The van der Waals surface area contributed by atoms with Crippen molar-refractivity contribution < 1.29 is 19.2 Å². The quantitative estimate of drug-likeness (QED) is 0.638. The molecule has 7 nitrogen and oxygen atoms in total. The summed E-state index contributed by atoms with van der Waals surface area (Å²) in [4.78, 5) is 22.7. The van der Waals surface area contributed by atoms with Crippen molar-refractivity contribution in [3.63, 3.8) is 0 Å². The standard InChI is InChI=1S/C16H15ClN2O5/c1-23-14-5-3-4-10(15(14)24-2)9-18-16(20)12-7-6-11(17)8-13(12)19(21)22/h3-8H,9H2,1-2H3,(H,18,20). The number of hydrogen-bond acceptors (Lipinski definition) is 5. The molecule has 0 aliphatic carbocycles. The summed E-state index contributed by atoms with van der Waals surface area (Å²) in [7, 11) is 3.00. The van der Waals surface area contributed by atoms with Gasteiger partial charge in [-0.3, -0.25) is 14.9 Å². The molecule has 0 aliphatic heterocycles. The highest BCUT2D eigenvalue weighted by molar-refractivity contribution is 6.31. The predicted octanol–water partition coefficient (Wildman–Crippen LogP) is 3.20. The summed E-state index contributed by atoms with van der Waals surface area (Å²) in [5.41, 5.74) is 0.269. The van der Waals surface area contributed by atoms with Crippen LogP contribution in [0.3, 0.4) is 0 Å². The van der Waals surface area contributed by atoms with E-state index in [0.29, 0.717) is 17.1 Å². The molecule has 0 bridgehead atoms. The van der Waals surface area contributed by atoms with Crippen LogP contribution in [-0.2, 0) is 6.54 Å². The highest BCUT2D eigenvalue weighted by atomic mass is 35.5. The topological polar surface area (TPSA) is 90.7 Å². The van der Waals surface area contributed by atoms with E-state index in [-0.39, 0.29) is 22.8 Å². The average molecular weight is 351 g/mol. The third kappa shape index (κ3) is 3.75. The highest BCUT2D eigenvalue weighted by Crippen LogP contribution is 2.30. The van der Waals surface area contributed by atoms with Crippen LogP contribution in [0.5, 0.6) is 11.5 Å². The Morgan fingerprint density at radius 3 is 2.62 bits per heavy atom. The Labute approximate surface area is 143 Å². The fraction of sp³-hybridized carbons (Fsp3) is 0.188. The van der Waals surface area contributed by atoms with Crippen molar-refractivity contribution in [2.45, 2.75) is 6.54 Å². The van der Waals surface area contributed by atoms with Gasteiger partial charge < -0.3 is 14.8 Å². The summed E-state index contributed by atoms with van der Waals surface area (Å²) in [5.74, 6) is 0.441. The number of nitro benzene ring substituents is 1. The van der Waals surface area contributed by atoms with E-state index in [1.807, 2.05) is 0 Å². The molecular weight excluding hydrogens is 336 g/mol. The molecule has 0 aliphatic rings. The fourth-order valence-electron chi connectivity index (χ4n) is 2.21. The van der Waals surface area contributed by atoms with Gasteiger partial charge in [0, 0.05) is 23.2 Å². The Kier molecular flexibility index (Phi) is 5.59. The summed E-state index contributed by atoms with van der Waals surface area (Å²) >= 11 is 5.74. The van der Waals surface area contributed by atoms with Gasteiger partial charge in [0.25, 0.3) is 11.6 Å². The molecule has 126 valence electrons. The van der Waals surface area contributed by atoms with Crippen molar-refractivity contribution in [3.8, 4) is 11.5 Å². The fourth-order valence-corrected chi connectivity index (χ4v) is 2.38. The van der Waals surface area contributed by atoms with Gasteiger partial charge in [0.1, 0.15) is 5.56 Å². The van der Waals surface area contributed by atoms with E-state index in [4.69, 9.17) is 21.1 Å². The molecule has 0 atom stereocenters. The number of benzene rings is 2. The molecule has 0 heterocycles. The average Bonchev–Trinajstić information content (AvgIpc) is 2.58. The van der Waals surface area contributed by atoms with Crippen LogP contribution >= 0.6 is 11.6 Å². The van der Waals surface area contributed by atoms with Crippen LogP contribution in [0.25, 0.3) is 0 Å². The molecule has 2 aromatic carbocycles. The number of para-hydroxylation sites is 1. The second-order valence-electron chi connectivity index (χ2n) is 4.75. The van der Waals surface area contributed by atoms with Crippen molar-refractivity contribution in [1.82, 2.24) is 5.32 Å². The molecule has 0 unspecified atom stereocenters. The van der Waals surface area contributed by atoms with Crippen molar-refractivity contribution in [2.75, 3.05) is 14.2 Å². The molecule has 2 rings (SSSR count). The highest BCUT2D eigenvalue weighted by Gasteiger charge is 2.21. The van der Waals surface area contributed by atoms with Gasteiger partial charge in [0.15, 0.2) is 11.5 Å². The van der Waals surface area contributed by atoms with E-state index in [9.17, 15) is 14.9 Å². The van der Waals surface area contributed by atoms with Crippen LogP contribution in [-0.4, -0.2) is 25.1 Å². The smallest absolute Gasteiger partial charge is 0.283 e. The number of carbonyl (C=O) groups is 1. The first-order valence-corrected chi connectivity index (χ1v) is 7.27. The second kappa shape index (κ2) is 7.65. The van der Waals surface area contributed by atoms with E-state index in [1.54, 1.807) is 18.2 Å². The van der Waals surface area contributed by atoms with Crippen LogP contribution in [0.2, 0.25) is 5.02 Å². The Morgan fingerprint density at radius 1 is 1.25 bits per heavy atom. The van der Waals surface area contributed by atoms with Crippen molar-refractivity contribution >= 4 is 23.2 Å². The number of amides is 1. The molecule has 0 saturated heterocycles. The Balaban J connectivity index is 2.22. The lowest BCUT2D eigenvalue weighted by atomic mass is 10.1. The minimum absolute atomic E-state index is 0.0636. The summed E-state index contributed by atoms with van der Waals surface area (Å²) in [6, 6.07) is 9.14. The Morgan fingerprint density at radius 2 is 2.00 bits per heavy atom. The molecular formula is C16H15ClN2O5. The second-order valence-corrected chi connectivity index (χ2v) is 5.19. The maximum atomic E-state index is 12.3. The first-order chi connectivity index (χ1) is 11.5. The van der Waals surface area contributed by atoms with E-state index in [2.05, 4.69) is 5.32 Å². The van der Waals surface area contributed by atoms with Gasteiger partial charge in [0.05, 0.1) is 19.1 Å². The maximum Gasteiger partial charge on any atom is 0.283 e. The molecule has 1 amide bonds. The maximum absolute atomic E-state index is 12.3. The van der Waals surface area contributed by atoms with Gasteiger partial charge in [-0.05, 0) is 18.2 Å². The normalized spacial score (nSPS) is 10.1. The van der Waals surface area contributed by atoms with Crippen LogP contribution in [0.15, 0.2) is 36.4 Å². The first-order valence-electron chi connectivity index (χ1n) is 6.90. The lowest BCUT2D eigenvalue weighted by Crippen LogP contribution is -2.24. The van der Waals surface area contributed by atoms with E-state index in [0.717, 1.165) is 6.07 Å². The molecule has 2 aromatic rings. The van der Waals surface area contributed by atoms with E-state index in [1.165, 1.54) is 26.4 Å². The van der Waals surface area contributed by atoms with Gasteiger partial charge in [-0.25, -0.2) is 0 Å². The molecule has 0 aromatic heterocycles. The number of ether oxygens (including phenoxy) is 2. The minimum Gasteiger partial charge on any atom is -0.493 e. The molecule has 0 radical (unpaired) electrons. The third-order valence-corrected chi connectivity index (χ3v) is 3.56. The molecule has 24 heavy (non-hydrogen) atoms. The largest absolute Gasteiger partial charge is 0.493 e. The van der Waals surface area contributed by atoms with Gasteiger partial charge in [-0.15, -0.1) is 0 Å². The number of hydrogen-bond donors (Lipinski definition) is 1. The predicted molar refractivity (Wildman–Crippen MR) is 88.8 cm³/mol. The van der Waals surface area contributed by atoms with Crippen molar-refractivity contribution in [1.29, 1.82) is 0 Å². The Hall–Kier alpha value is -2.80. The number of carbonyl (C=O) groups excluding carboxylic acids is 1. The lowest BCUT2D eigenvalue weighted by molar-refractivity contribution is -0.385. The number of nitrogens with one attached hydrogen (secondary N) is 1. The van der Waals surface area contributed by atoms with E-state index >= 15 is 0 Å². The van der Waals surface area contributed by atoms with Crippen LogP contribution in [0.4, 0.5) is 5.69 Å². The third-order valence-electron chi connectivity index (χ3n) is 3.32. The first kappa shape index (κ1) is 17.6. The van der Waals surface area contributed by atoms with Crippen molar-refractivity contribution in [3.05, 3.63) is 62.7 Å². The van der Waals surface area contributed by atoms with Crippen LogP contribution in [0.1, 0.15) is 15.9 Å². The summed E-state index contributed by atoms with van der Waals surface area (Å²) in [6.45, 7) is 0.124. The molecule has 0 fully saturated rings. The summed E-state index contributed by atoms with van der Waals surface area (Å²) < 4.78 is 10.5. The van der Waals surface area contributed by atoms with Gasteiger partial charge in [0.2, 0.25) is 0 Å². The van der Waals surface area contributed by atoms with Crippen LogP contribution < -0.4 is 14.8 Å².